The fraction of sp³-hybridized carbons (Fsp3) is 0.600. The Hall–Kier alpha value is 0.340. The lowest BCUT2D eigenvalue weighted by Gasteiger charge is -2.28. The lowest BCUT2D eigenvalue weighted by atomic mass is 9.92. The van der Waals surface area contributed by atoms with Crippen molar-refractivity contribution in [2.45, 2.75) is 42.0 Å². The molecule has 2 atom stereocenters. The number of nitrogens with one attached hydrogen (secondary N) is 1. The van der Waals surface area contributed by atoms with Crippen molar-refractivity contribution in [2.75, 3.05) is 0 Å². The summed E-state index contributed by atoms with van der Waals surface area (Å²) in [6.45, 7) is 0. The topological polar surface area (TPSA) is 72.2 Å². The molecule has 1 heterocycles. The van der Waals surface area contributed by atoms with Gasteiger partial charge in [0.25, 0.3) is 0 Å². The van der Waals surface area contributed by atoms with Crippen LogP contribution in [0.2, 0.25) is 5.02 Å². The summed E-state index contributed by atoms with van der Waals surface area (Å²) in [4.78, 5) is 0. The molecule has 0 amide bonds. The smallest absolute Gasteiger partial charge is 0.250 e. The maximum Gasteiger partial charge on any atom is 0.250 e. The molecule has 1 fully saturated rings. The molecule has 8 heteroatoms. The van der Waals surface area contributed by atoms with Crippen LogP contribution in [-0.4, -0.2) is 20.5 Å². The maximum atomic E-state index is 12.2. The number of rotatable bonds is 3. The van der Waals surface area contributed by atoms with Crippen molar-refractivity contribution < 1.29 is 8.42 Å². The minimum Gasteiger partial charge on any atom is -0.326 e. The highest BCUT2D eigenvalue weighted by Crippen LogP contribution is 2.34. The number of nitrogens with two attached hydrogens (primary N) is 1. The molecule has 1 aromatic rings. The highest BCUT2D eigenvalue weighted by molar-refractivity contribution is 9.11. The third-order valence-corrected chi connectivity index (χ3v) is 7.45. The van der Waals surface area contributed by atoms with Crippen molar-refractivity contribution in [2.24, 2.45) is 5.73 Å². The lowest BCUT2D eigenvalue weighted by molar-refractivity contribution is 0.361. The second-order valence-electron chi connectivity index (χ2n) is 4.36. The van der Waals surface area contributed by atoms with E-state index in [1.807, 2.05) is 0 Å². The Balaban J connectivity index is 2.16. The van der Waals surface area contributed by atoms with Crippen LogP contribution in [0.4, 0.5) is 0 Å². The molecule has 0 saturated heterocycles. The van der Waals surface area contributed by atoms with E-state index in [0.29, 0.717) is 8.81 Å². The predicted octanol–water partition coefficient (Wildman–Crippen LogP) is 2.71. The van der Waals surface area contributed by atoms with Crippen molar-refractivity contribution >= 4 is 48.9 Å². The van der Waals surface area contributed by atoms with Gasteiger partial charge in [-0.1, -0.05) is 24.4 Å². The van der Waals surface area contributed by atoms with E-state index < -0.39 is 10.0 Å². The molecule has 102 valence electrons. The van der Waals surface area contributed by atoms with Crippen LogP contribution in [0, 0.1) is 0 Å². The number of thiophene rings is 1. The molecular formula is C10H14BrClN2O2S2. The van der Waals surface area contributed by atoms with Crippen LogP contribution in [-0.2, 0) is 10.0 Å². The van der Waals surface area contributed by atoms with Crippen LogP contribution >= 0.6 is 38.9 Å². The lowest BCUT2D eigenvalue weighted by Crippen LogP contribution is -2.49. The summed E-state index contributed by atoms with van der Waals surface area (Å²) in [5.74, 6) is 0. The number of halogens is 2. The van der Waals surface area contributed by atoms with E-state index in [1.165, 1.54) is 6.07 Å². The van der Waals surface area contributed by atoms with E-state index in [0.717, 1.165) is 37.0 Å². The molecule has 4 nitrogen and oxygen atoms in total. The van der Waals surface area contributed by atoms with Gasteiger partial charge in [-0.05, 0) is 34.8 Å². The van der Waals surface area contributed by atoms with Crippen molar-refractivity contribution in [3.63, 3.8) is 0 Å². The Morgan fingerprint density at radius 1 is 1.44 bits per heavy atom. The van der Waals surface area contributed by atoms with Crippen LogP contribution in [0.15, 0.2) is 14.1 Å². The summed E-state index contributed by atoms with van der Waals surface area (Å²) in [5, 5.41) is 0.410. The first-order valence-corrected chi connectivity index (χ1v) is 9.10. The number of hydrogen-bond acceptors (Lipinski definition) is 4. The van der Waals surface area contributed by atoms with Crippen LogP contribution in [0.1, 0.15) is 25.7 Å². The quantitative estimate of drug-likeness (QED) is 0.855. The Kier molecular flexibility index (Phi) is 4.72. The SMILES string of the molecule is N[C@@H]1CCCC[C@H]1NS(=O)(=O)c1cc(Cl)c(Br)s1. The minimum absolute atomic E-state index is 0.104. The minimum atomic E-state index is -3.52. The Morgan fingerprint density at radius 2 is 2.11 bits per heavy atom. The molecule has 1 aliphatic rings. The van der Waals surface area contributed by atoms with E-state index in [1.54, 1.807) is 0 Å². The van der Waals surface area contributed by atoms with E-state index in [4.69, 9.17) is 17.3 Å². The van der Waals surface area contributed by atoms with Gasteiger partial charge in [0.15, 0.2) is 0 Å². The molecular weight excluding hydrogens is 360 g/mol. The maximum absolute atomic E-state index is 12.2. The molecule has 2 rings (SSSR count). The molecule has 18 heavy (non-hydrogen) atoms. The van der Waals surface area contributed by atoms with Gasteiger partial charge in [-0.15, -0.1) is 11.3 Å². The van der Waals surface area contributed by atoms with Gasteiger partial charge in [-0.25, -0.2) is 13.1 Å². The van der Waals surface area contributed by atoms with E-state index >= 15 is 0 Å². The summed E-state index contributed by atoms with van der Waals surface area (Å²) in [5.41, 5.74) is 5.94. The van der Waals surface area contributed by atoms with Crippen LogP contribution in [0.25, 0.3) is 0 Å². The Morgan fingerprint density at radius 3 is 2.67 bits per heavy atom. The molecule has 0 bridgehead atoms. The number of hydrogen-bond donors (Lipinski definition) is 2. The molecule has 0 radical (unpaired) electrons. The predicted molar refractivity (Wildman–Crippen MR) is 77.6 cm³/mol. The fourth-order valence-corrected chi connectivity index (χ4v) is 5.76. The van der Waals surface area contributed by atoms with Crippen LogP contribution in [0.5, 0.6) is 0 Å². The average molecular weight is 374 g/mol. The van der Waals surface area contributed by atoms with Crippen LogP contribution in [0.3, 0.4) is 0 Å². The average Bonchev–Trinajstić information content (AvgIpc) is 2.63. The Labute approximate surface area is 124 Å². The van der Waals surface area contributed by atoms with Gasteiger partial charge in [0, 0.05) is 12.1 Å². The highest BCUT2D eigenvalue weighted by Gasteiger charge is 2.28. The second-order valence-corrected chi connectivity index (χ2v) is 9.08. The Bertz CT molecular complexity index is 512. The van der Waals surface area contributed by atoms with Crippen molar-refractivity contribution in [3.8, 4) is 0 Å². The molecule has 0 spiro atoms. The second kappa shape index (κ2) is 5.76. The molecule has 1 aliphatic carbocycles. The van der Waals surface area contributed by atoms with Gasteiger partial charge in [0.05, 0.1) is 8.81 Å². The first-order chi connectivity index (χ1) is 8.40. The van der Waals surface area contributed by atoms with Gasteiger partial charge in [-0.2, -0.15) is 0 Å². The van der Waals surface area contributed by atoms with Gasteiger partial charge >= 0.3 is 0 Å². The first kappa shape index (κ1) is 14.7. The number of sulfonamides is 1. The fourth-order valence-electron chi connectivity index (χ4n) is 2.02. The van der Waals surface area contributed by atoms with E-state index in [2.05, 4.69) is 20.7 Å². The summed E-state index contributed by atoms with van der Waals surface area (Å²) in [7, 11) is -3.52. The molecule has 1 saturated carbocycles. The summed E-state index contributed by atoms with van der Waals surface area (Å²) in [6, 6.07) is 1.17. The van der Waals surface area contributed by atoms with Crippen molar-refractivity contribution in [1.82, 2.24) is 4.72 Å². The largest absolute Gasteiger partial charge is 0.326 e. The first-order valence-electron chi connectivity index (χ1n) is 5.63. The standard InChI is InChI=1S/C10H14BrClN2O2S2/c11-10-6(12)5-9(17-10)18(15,16)14-8-4-2-1-3-7(8)13/h5,7-8,14H,1-4,13H2/t7-,8-/m1/s1. The molecule has 0 unspecified atom stereocenters. The van der Waals surface area contributed by atoms with E-state index in [-0.39, 0.29) is 16.3 Å². The third kappa shape index (κ3) is 3.26. The van der Waals surface area contributed by atoms with Gasteiger partial charge in [-0.3, -0.25) is 0 Å². The third-order valence-electron chi connectivity index (χ3n) is 3.01. The highest BCUT2D eigenvalue weighted by atomic mass is 79.9. The normalized spacial score (nSPS) is 25.3. The summed E-state index contributed by atoms with van der Waals surface area (Å²) in [6.07, 6.45) is 3.73. The monoisotopic (exact) mass is 372 g/mol. The van der Waals surface area contributed by atoms with E-state index in [9.17, 15) is 8.42 Å². The molecule has 0 aromatic carbocycles. The summed E-state index contributed by atoms with van der Waals surface area (Å²) >= 11 is 10.2. The van der Waals surface area contributed by atoms with Crippen LogP contribution < -0.4 is 10.5 Å². The zero-order valence-corrected chi connectivity index (χ0v) is 13.5. The zero-order valence-electron chi connectivity index (χ0n) is 9.53. The summed E-state index contributed by atoms with van der Waals surface area (Å²) < 4.78 is 27.9. The van der Waals surface area contributed by atoms with Gasteiger partial charge in [0.2, 0.25) is 10.0 Å². The molecule has 0 aliphatic heterocycles. The van der Waals surface area contributed by atoms with Crippen molar-refractivity contribution in [3.05, 3.63) is 14.9 Å². The van der Waals surface area contributed by atoms with Gasteiger partial charge < -0.3 is 5.73 Å². The molecule has 3 N–H and O–H groups in total. The zero-order chi connectivity index (χ0) is 13.3. The van der Waals surface area contributed by atoms with Crippen molar-refractivity contribution in [1.29, 1.82) is 0 Å². The molecule has 1 aromatic heterocycles. The van der Waals surface area contributed by atoms with Gasteiger partial charge in [0.1, 0.15) is 4.21 Å².